The van der Waals surface area contributed by atoms with Crippen LogP contribution in [0.4, 0.5) is 9.80 Å². The van der Waals surface area contributed by atoms with Crippen LogP contribution in [-0.4, -0.2) is 33.5 Å². The Kier molecular flexibility index (Phi) is 5.02. The Labute approximate surface area is 109 Å². The van der Waals surface area contributed by atoms with Gasteiger partial charge < -0.3 is 9.47 Å². The van der Waals surface area contributed by atoms with Crippen LogP contribution < -0.4 is 4.80 Å². The number of aromatic nitrogens is 1. The Bertz CT molecular complexity index is 501. The van der Waals surface area contributed by atoms with E-state index in [0.717, 1.165) is 11.3 Å². The Morgan fingerprint density at radius 1 is 1.50 bits per heavy atom. The van der Waals surface area contributed by atoms with E-state index in [4.69, 9.17) is 0 Å². The van der Waals surface area contributed by atoms with Crippen LogP contribution >= 0.6 is 11.3 Å². The van der Waals surface area contributed by atoms with Crippen molar-refractivity contribution >= 4 is 22.4 Å². The number of urea groups is 1. The largest absolute Gasteiger partial charge is 0.346 e. The summed E-state index contributed by atoms with van der Waals surface area (Å²) in [5.41, 5.74) is 0. The molecular weight excluding hydrogens is 256 g/mol. The monoisotopic (exact) mass is 272 g/mol. The average molecular weight is 272 g/mol. The zero-order chi connectivity index (χ0) is 13.7. The lowest BCUT2D eigenvalue weighted by Crippen LogP contribution is -2.30. The van der Waals surface area contributed by atoms with Crippen LogP contribution in [0.1, 0.15) is 20.8 Å². The number of thiazole rings is 1. The van der Waals surface area contributed by atoms with Gasteiger partial charge in [0, 0.05) is 19.6 Å². The molecule has 0 aliphatic carbocycles. The molecule has 0 bridgehead atoms. The van der Waals surface area contributed by atoms with E-state index in [1.165, 1.54) is 6.20 Å². The van der Waals surface area contributed by atoms with Crippen molar-refractivity contribution < 1.29 is 9.72 Å². The van der Waals surface area contributed by atoms with Crippen molar-refractivity contribution in [2.75, 3.05) is 13.1 Å². The molecule has 1 aromatic rings. The Morgan fingerprint density at radius 3 is 2.56 bits per heavy atom. The van der Waals surface area contributed by atoms with E-state index in [1.807, 2.05) is 20.8 Å². The molecule has 0 N–H and O–H groups in total. The van der Waals surface area contributed by atoms with Gasteiger partial charge in [0.2, 0.25) is 4.80 Å². The molecule has 0 radical (unpaired) electrons. The topological polar surface area (TPSA) is 80.7 Å². The fourth-order valence-corrected chi connectivity index (χ4v) is 2.28. The number of amides is 2. The molecule has 2 amide bonds. The maximum Gasteiger partial charge on any atom is 0.346 e. The predicted molar refractivity (Wildman–Crippen MR) is 68.5 cm³/mol. The maximum absolute atomic E-state index is 11.8. The summed E-state index contributed by atoms with van der Waals surface area (Å²) in [7, 11) is 0. The molecule has 8 heteroatoms. The van der Waals surface area contributed by atoms with Crippen LogP contribution in [-0.2, 0) is 6.54 Å². The first kappa shape index (κ1) is 14.4. The maximum atomic E-state index is 11.8. The summed E-state index contributed by atoms with van der Waals surface area (Å²) in [5.74, 6) is 0. The number of aryl methyl sites for hydroxylation is 1. The van der Waals surface area contributed by atoms with Gasteiger partial charge in [0.1, 0.15) is 0 Å². The minimum atomic E-state index is -0.474. The number of nitrogens with zero attached hydrogens (tertiary/aromatic N) is 4. The minimum Gasteiger partial charge on any atom is -0.323 e. The van der Waals surface area contributed by atoms with Gasteiger partial charge in [0.15, 0.2) is 0 Å². The molecule has 7 nitrogen and oxygen atoms in total. The lowest BCUT2D eigenvalue weighted by Gasteiger charge is -2.14. The third-order valence-electron chi connectivity index (χ3n) is 2.45. The number of hydrogen-bond donors (Lipinski definition) is 0. The first-order chi connectivity index (χ1) is 8.53. The summed E-state index contributed by atoms with van der Waals surface area (Å²) in [6.45, 7) is 7.24. The van der Waals surface area contributed by atoms with Crippen molar-refractivity contribution in [2.45, 2.75) is 27.3 Å². The van der Waals surface area contributed by atoms with Gasteiger partial charge in [-0.05, 0) is 32.1 Å². The highest BCUT2D eigenvalue weighted by atomic mass is 32.1. The summed E-state index contributed by atoms with van der Waals surface area (Å²) >= 11 is 0.909. The van der Waals surface area contributed by atoms with Crippen molar-refractivity contribution in [3.63, 3.8) is 0 Å². The van der Waals surface area contributed by atoms with Crippen LogP contribution in [0.5, 0.6) is 0 Å². The van der Waals surface area contributed by atoms with Gasteiger partial charge in [0.05, 0.1) is 11.1 Å². The summed E-state index contributed by atoms with van der Waals surface area (Å²) in [6, 6.07) is -0.362. The van der Waals surface area contributed by atoms with Gasteiger partial charge in [-0.2, -0.15) is 4.99 Å². The number of rotatable bonds is 4. The van der Waals surface area contributed by atoms with Crippen LogP contribution in [0.15, 0.2) is 11.2 Å². The molecule has 0 atom stereocenters. The predicted octanol–water partition coefficient (Wildman–Crippen LogP) is 1.84. The van der Waals surface area contributed by atoms with E-state index in [1.54, 1.807) is 9.47 Å². The molecule has 0 unspecified atom stereocenters. The molecule has 0 aliphatic rings. The fraction of sp³-hybridized carbons (Fsp3) is 0.600. The lowest BCUT2D eigenvalue weighted by atomic mass is 10.5. The van der Waals surface area contributed by atoms with Gasteiger partial charge in [-0.1, -0.05) is 0 Å². The quantitative estimate of drug-likeness (QED) is 0.619. The van der Waals surface area contributed by atoms with E-state index in [2.05, 4.69) is 4.99 Å². The standard InChI is InChI=1S/C10H16N4O3S/c1-4-12(5-2)9(15)11-10-13(6-3)7-8(18-10)14(16)17/h7H,4-6H2,1-3H3/b11-10-. The molecule has 0 saturated carbocycles. The lowest BCUT2D eigenvalue weighted by molar-refractivity contribution is -0.380. The molecule has 0 aliphatic heterocycles. The second-order valence-electron chi connectivity index (χ2n) is 3.46. The molecule has 1 aromatic heterocycles. The molecule has 18 heavy (non-hydrogen) atoms. The number of hydrogen-bond acceptors (Lipinski definition) is 4. The van der Waals surface area contributed by atoms with Gasteiger partial charge in [-0.3, -0.25) is 10.1 Å². The summed E-state index contributed by atoms with van der Waals surface area (Å²) < 4.78 is 1.60. The highest BCUT2D eigenvalue weighted by Gasteiger charge is 2.14. The second kappa shape index (κ2) is 6.29. The van der Waals surface area contributed by atoms with E-state index in [-0.39, 0.29) is 11.0 Å². The molecule has 0 saturated heterocycles. The molecule has 0 spiro atoms. The smallest absolute Gasteiger partial charge is 0.323 e. The van der Waals surface area contributed by atoms with Crippen molar-refractivity contribution in [1.29, 1.82) is 0 Å². The zero-order valence-electron chi connectivity index (χ0n) is 10.6. The van der Waals surface area contributed by atoms with E-state index in [0.29, 0.717) is 24.4 Å². The van der Waals surface area contributed by atoms with Gasteiger partial charge in [0.25, 0.3) is 0 Å². The fourth-order valence-electron chi connectivity index (χ4n) is 1.41. The Balaban J connectivity index is 3.15. The number of carbonyl (C=O) groups is 1. The first-order valence-corrected chi connectivity index (χ1v) is 6.53. The second-order valence-corrected chi connectivity index (χ2v) is 4.45. The third kappa shape index (κ3) is 3.16. The van der Waals surface area contributed by atoms with Crippen LogP contribution in [0.25, 0.3) is 0 Å². The van der Waals surface area contributed by atoms with Crippen LogP contribution in [0.3, 0.4) is 0 Å². The van der Waals surface area contributed by atoms with Crippen LogP contribution in [0.2, 0.25) is 0 Å². The van der Waals surface area contributed by atoms with Crippen molar-refractivity contribution in [3.8, 4) is 0 Å². The normalized spacial score (nSPS) is 11.6. The molecular formula is C10H16N4O3S. The Hall–Kier alpha value is -1.70. The van der Waals surface area contributed by atoms with E-state index < -0.39 is 4.92 Å². The highest BCUT2D eigenvalue weighted by molar-refractivity contribution is 7.12. The molecule has 1 heterocycles. The van der Waals surface area contributed by atoms with Crippen molar-refractivity contribution in [2.24, 2.45) is 4.99 Å². The minimum absolute atomic E-state index is 0.0112. The van der Waals surface area contributed by atoms with Gasteiger partial charge >= 0.3 is 11.0 Å². The van der Waals surface area contributed by atoms with E-state index in [9.17, 15) is 14.9 Å². The highest BCUT2D eigenvalue weighted by Crippen LogP contribution is 2.13. The van der Waals surface area contributed by atoms with Gasteiger partial charge in [-0.15, -0.1) is 0 Å². The third-order valence-corrected chi connectivity index (χ3v) is 3.43. The average Bonchev–Trinajstić information content (AvgIpc) is 2.74. The number of nitro groups is 1. The van der Waals surface area contributed by atoms with Crippen LogP contribution in [0, 0.1) is 10.1 Å². The van der Waals surface area contributed by atoms with Crippen molar-refractivity contribution in [1.82, 2.24) is 9.47 Å². The summed E-state index contributed by atoms with van der Waals surface area (Å²) in [6.07, 6.45) is 1.40. The molecule has 0 fully saturated rings. The zero-order valence-corrected chi connectivity index (χ0v) is 11.4. The molecule has 0 aromatic carbocycles. The van der Waals surface area contributed by atoms with E-state index >= 15 is 0 Å². The number of carbonyl (C=O) groups excluding carboxylic acids is 1. The van der Waals surface area contributed by atoms with Crippen molar-refractivity contribution in [3.05, 3.63) is 21.1 Å². The molecule has 1 rings (SSSR count). The first-order valence-electron chi connectivity index (χ1n) is 5.71. The molecule has 100 valence electrons. The summed E-state index contributed by atoms with van der Waals surface area (Å²) in [5, 5.41) is 10.7. The van der Waals surface area contributed by atoms with Gasteiger partial charge in [-0.25, -0.2) is 4.79 Å². The SMILES string of the molecule is CCN(CC)C(=O)/N=c1\sc([N+](=O)[O-])cn1CC. The summed E-state index contributed by atoms with van der Waals surface area (Å²) in [4.78, 5) is 27.9. The Morgan fingerprint density at radius 2 is 2.11 bits per heavy atom.